The number of aromatic nitrogens is 2. The summed E-state index contributed by atoms with van der Waals surface area (Å²) in [4.78, 5) is 4.38. The minimum atomic E-state index is 0. The largest absolute Gasteiger partial charge is 0.356 e. The van der Waals surface area contributed by atoms with E-state index >= 15 is 0 Å². The Labute approximate surface area is 181 Å². The molecule has 6 heteroatoms. The molecule has 0 spiro atoms. The summed E-state index contributed by atoms with van der Waals surface area (Å²) in [5.74, 6) is 1.27. The second-order valence-electron chi connectivity index (χ2n) is 7.29. The van der Waals surface area contributed by atoms with Crippen molar-refractivity contribution in [1.29, 1.82) is 0 Å². The highest BCUT2D eigenvalue weighted by Gasteiger charge is 2.14. The molecular weight excluding hydrogens is 449 g/mol. The first-order valence-electron chi connectivity index (χ1n) is 9.34. The van der Waals surface area contributed by atoms with Gasteiger partial charge in [0.15, 0.2) is 5.96 Å². The van der Waals surface area contributed by atoms with Crippen molar-refractivity contribution >= 4 is 29.9 Å². The maximum absolute atomic E-state index is 4.51. The topological polar surface area (TPSA) is 54.2 Å². The summed E-state index contributed by atoms with van der Waals surface area (Å²) < 4.78 is 1.95. The minimum Gasteiger partial charge on any atom is -0.356 e. The van der Waals surface area contributed by atoms with Gasteiger partial charge < -0.3 is 10.6 Å². The van der Waals surface area contributed by atoms with E-state index < -0.39 is 0 Å². The number of guanidine groups is 1. The van der Waals surface area contributed by atoms with E-state index in [1.165, 1.54) is 22.4 Å². The monoisotopic (exact) mass is 483 g/mol. The molecule has 2 atom stereocenters. The lowest BCUT2D eigenvalue weighted by atomic mass is 9.99. The number of nitrogens with zero attached hydrogens (tertiary/aromatic N) is 3. The molecular formula is C21H34IN5. The predicted octanol–water partition coefficient (Wildman–Crippen LogP) is 3.86. The highest BCUT2D eigenvalue weighted by molar-refractivity contribution is 14.0. The van der Waals surface area contributed by atoms with Gasteiger partial charge >= 0.3 is 0 Å². The van der Waals surface area contributed by atoms with E-state index in [4.69, 9.17) is 0 Å². The van der Waals surface area contributed by atoms with Gasteiger partial charge in [-0.3, -0.25) is 9.67 Å². The number of rotatable bonds is 6. The average molecular weight is 483 g/mol. The van der Waals surface area contributed by atoms with Crippen LogP contribution in [0.25, 0.3) is 0 Å². The van der Waals surface area contributed by atoms with Gasteiger partial charge in [0.25, 0.3) is 0 Å². The molecule has 0 fully saturated rings. The Morgan fingerprint density at radius 1 is 1.22 bits per heavy atom. The molecule has 0 radical (unpaired) electrons. The molecule has 2 unspecified atom stereocenters. The number of halogens is 1. The van der Waals surface area contributed by atoms with Crippen molar-refractivity contribution in [1.82, 2.24) is 20.4 Å². The second kappa shape index (κ2) is 10.7. The predicted molar refractivity (Wildman–Crippen MR) is 125 cm³/mol. The molecule has 0 amide bonds. The average Bonchev–Trinajstić information content (AvgIpc) is 2.84. The first kappa shape index (κ1) is 23.5. The lowest BCUT2D eigenvalue weighted by Gasteiger charge is -2.20. The van der Waals surface area contributed by atoms with Crippen molar-refractivity contribution in [3.05, 3.63) is 52.3 Å². The van der Waals surface area contributed by atoms with Gasteiger partial charge in [0.1, 0.15) is 0 Å². The zero-order valence-corrected chi connectivity index (χ0v) is 20.0. The van der Waals surface area contributed by atoms with Crippen molar-refractivity contribution in [2.75, 3.05) is 13.6 Å². The molecule has 150 valence electrons. The Hall–Kier alpha value is -1.57. The quantitative estimate of drug-likeness (QED) is 0.373. The summed E-state index contributed by atoms with van der Waals surface area (Å²) in [7, 11) is 3.82. The summed E-state index contributed by atoms with van der Waals surface area (Å²) in [5, 5.41) is 11.5. The fraction of sp³-hybridized carbons (Fsp3) is 0.524. The standard InChI is InChI=1S/C21H33N5.HI/c1-14-9-8-10-19(11-14)15(2)13-23-21(22-6)24-16(3)12-20-17(4)25-26(7)18(20)5;/h8-11,15-16H,12-13H2,1-7H3,(H2,22,23,24);1H. The molecule has 0 saturated heterocycles. The third kappa shape index (κ3) is 6.52. The van der Waals surface area contributed by atoms with Crippen LogP contribution in [-0.2, 0) is 13.5 Å². The van der Waals surface area contributed by atoms with E-state index in [1.807, 2.05) is 18.8 Å². The molecule has 0 bridgehead atoms. The van der Waals surface area contributed by atoms with Crippen molar-refractivity contribution in [2.24, 2.45) is 12.0 Å². The van der Waals surface area contributed by atoms with Crippen LogP contribution in [0.1, 0.15) is 47.8 Å². The maximum Gasteiger partial charge on any atom is 0.191 e. The Morgan fingerprint density at radius 3 is 2.48 bits per heavy atom. The number of benzene rings is 1. The Bertz CT molecular complexity index is 766. The Balaban J connectivity index is 0.00000364. The Morgan fingerprint density at radius 2 is 1.93 bits per heavy atom. The van der Waals surface area contributed by atoms with Crippen molar-refractivity contribution < 1.29 is 0 Å². The highest BCUT2D eigenvalue weighted by Crippen LogP contribution is 2.16. The van der Waals surface area contributed by atoms with E-state index in [-0.39, 0.29) is 30.0 Å². The van der Waals surface area contributed by atoms with Gasteiger partial charge in [0.05, 0.1) is 5.69 Å². The normalized spacial score (nSPS) is 13.7. The van der Waals surface area contributed by atoms with E-state index in [9.17, 15) is 0 Å². The third-order valence-corrected chi connectivity index (χ3v) is 4.96. The number of hydrogen-bond acceptors (Lipinski definition) is 2. The summed E-state index contributed by atoms with van der Waals surface area (Å²) in [6, 6.07) is 8.96. The molecule has 2 aromatic rings. The summed E-state index contributed by atoms with van der Waals surface area (Å²) >= 11 is 0. The van der Waals surface area contributed by atoms with Crippen molar-refractivity contribution in [3.8, 4) is 0 Å². The van der Waals surface area contributed by atoms with Crippen LogP contribution < -0.4 is 10.6 Å². The number of aryl methyl sites for hydroxylation is 3. The number of aliphatic imine (C=N–C) groups is 1. The van der Waals surface area contributed by atoms with Crippen LogP contribution in [0, 0.1) is 20.8 Å². The molecule has 1 aromatic heterocycles. The van der Waals surface area contributed by atoms with Gasteiger partial charge in [0.2, 0.25) is 0 Å². The van der Waals surface area contributed by atoms with Gasteiger partial charge in [-0.2, -0.15) is 5.10 Å². The SMILES string of the molecule is CN=C(NCC(C)c1cccc(C)c1)NC(C)Cc1c(C)nn(C)c1C.I. The number of hydrogen-bond donors (Lipinski definition) is 2. The van der Waals surface area contributed by atoms with Gasteiger partial charge in [-0.25, -0.2) is 0 Å². The van der Waals surface area contributed by atoms with Crippen molar-refractivity contribution in [3.63, 3.8) is 0 Å². The molecule has 27 heavy (non-hydrogen) atoms. The van der Waals surface area contributed by atoms with Crippen LogP contribution in [0.5, 0.6) is 0 Å². The first-order chi connectivity index (χ1) is 12.3. The molecule has 0 aliphatic heterocycles. The molecule has 1 heterocycles. The van der Waals surface area contributed by atoms with Gasteiger partial charge in [-0.05, 0) is 51.2 Å². The summed E-state index contributed by atoms with van der Waals surface area (Å²) in [6.45, 7) is 11.6. The highest BCUT2D eigenvalue weighted by atomic mass is 127. The molecule has 5 nitrogen and oxygen atoms in total. The first-order valence-corrected chi connectivity index (χ1v) is 9.34. The van der Waals surface area contributed by atoms with Gasteiger partial charge in [-0.1, -0.05) is 36.8 Å². The fourth-order valence-electron chi connectivity index (χ4n) is 3.24. The van der Waals surface area contributed by atoms with Crippen LogP contribution in [0.3, 0.4) is 0 Å². The van der Waals surface area contributed by atoms with Gasteiger partial charge in [-0.15, -0.1) is 24.0 Å². The van der Waals surface area contributed by atoms with Gasteiger partial charge in [0, 0.05) is 32.4 Å². The summed E-state index contributed by atoms with van der Waals surface area (Å²) in [5.41, 5.74) is 6.30. The van der Waals surface area contributed by atoms with Crippen LogP contribution in [0.4, 0.5) is 0 Å². The molecule has 0 saturated carbocycles. The van der Waals surface area contributed by atoms with E-state index in [1.54, 1.807) is 0 Å². The Kier molecular flexibility index (Phi) is 9.29. The van der Waals surface area contributed by atoms with Crippen molar-refractivity contribution in [2.45, 2.75) is 53.0 Å². The molecule has 2 rings (SSSR count). The molecule has 0 aliphatic carbocycles. The lowest BCUT2D eigenvalue weighted by molar-refractivity contribution is 0.624. The maximum atomic E-state index is 4.51. The van der Waals surface area contributed by atoms with Crippen LogP contribution in [0.15, 0.2) is 29.3 Å². The third-order valence-electron chi connectivity index (χ3n) is 4.96. The number of nitrogens with one attached hydrogen (secondary N) is 2. The zero-order chi connectivity index (χ0) is 19.3. The smallest absolute Gasteiger partial charge is 0.191 e. The molecule has 2 N–H and O–H groups in total. The van der Waals surface area contributed by atoms with E-state index in [0.717, 1.165) is 24.6 Å². The van der Waals surface area contributed by atoms with E-state index in [0.29, 0.717) is 5.92 Å². The zero-order valence-electron chi connectivity index (χ0n) is 17.6. The summed E-state index contributed by atoms with van der Waals surface area (Å²) in [6.07, 6.45) is 0.930. The van der Waals surface area contributed by atoms with E-state index in [2.05, 4.69) is 79.6 Å². The molecule has 0 aliphatic rings. The minimum absolute atomic E-state index is 0. The lowest BCUT2D eigenvalue weighted by Crippen LogP contribution is -2.44. The second-order valence-corrected chi connectivity index (χ2v) is 7.29. The fourth-order valence-corrected chi connectivity index (χ4v) is 3.24. The van der Waals surface area contributed by atoms with Crippen LogP contribution in [0.2, 0.25) is 0 Å². The molecule has 1 aromatic carbocycles. The van der Waals surface area contributed by atoms with Crippen LogP contribution >= 0.6 is 24.0 Å². The van der Waals surface area contributed by atoms with Crippen LogP contribution in [-0.4, -0.2) is 35.4 Å².